The number of nitrogens with zero attached hydrogens (tertiary/aromatic N) is 1. The predicted octanol–water partition coefficient (Wildman–Crippen LogP) is -2.98. The van der Waals surface area contributed by atoms with E-state index in [0.717, 1.165) is 0 Å². The van der Waals surface area contributed by atoms with E-state index in [4.69, 9.17) is 11.5 Å². The quantitative estimate of drug-likeness (QED) is 0.112. The van der Waals surface area contributed by atoms with Crippen molar-refractivity contribution in [1.82, 2.24) is 25.9 Å². The lowest BCUT2D eigenvalue weighted by Crippen LogP contribution is -2.58. The van der Waals surface area contributed by atoms with Crippen LogP contribution in [0.1, 0.15) is 24.1 Å². The number of carboxylic acids is 1. The first-order valence-electron chi connectivity index (χ1n) is 11.5. The number of aliphatic hydroxyl groups excluding tert-OH is 1. The average molecular weight is 534 g/mol. The van der Waals surface area contributed by atoms with E-state index in [1.807, 2.05) is 0 Å². The van der Waals surface area contributed by atoms with Crippen LogP contribution in [0.2, 0.25) is 0 Å². The molecule has 1 aromatic carbocycles. The lowest BCUT2D eigenvalue weighted by atomic mass is 10.0. The third kappa shape index (κ3) is 9.51. The number of nitrogens with one attached hydrogen (secondary N) is 4. The summed E-state index contributed by atoms with van der Waals surface area (Å²) in [6.45, 7) is -0.884. The molecule has 15 nitrogen and oxygen atoms in total. The van der Waals surface area contributed by atoms with Crippen molar-refractivity contribution in [2.24, 2.45) is 11.5 Å². The molecule has 1 aromatic heterocycles. The molecule has 0 bridgehead atoms. The number of imidazole rings is 1. The minimum atomic E-state index is -1.57. The van der Waals surface area contributed by atoms with Gasteiger partial charge in [0.1, 0.15) is 23.9 Å². The number of primary amides is 1. The van der Waals surface area contributed by atoms with Gasteiger partial charge in [0.15, 0.2) is 0 Å². The van der Waals surface area contributed by atoms with E-state index in [2.05, 4.69) is 25.9 Å². The minimum Gasteiger partial charge on any atom is -0.508 e. The number of aromatic nitrogens is 2. The highest BCUT2D eigenvalue weighted by Gasteiger charge is 2.30. The lowest BCUT2D eigenvalue weighted by molar-refractivity contribution is -0.143. The number of nitrogens with two attached hydrogens (primary N) is 2. The maximum Gasteiger partial charge on any atom is 0.326 e. The van der Waals surface area contributed by atoms with E-state index in [1.165, 1.54) is 24.7 Å². The van der Waals surface area contributed by atoms with Crippen molar-refractivity contribution in [1.29, 1.82) is 0 Å². The summed E-state index contributed by atoms with van der Waals surface area (Å²) in [6.07, 6.45) is 2.23. The van der Waals surface area contributed by atoms with E-state index in [1.54, 1.807) is 12.1 Å². The van der Waals surface area contributed by atoms with Crippen LogP contribution in [-0.2, 0) is 36.8 Å². The van der Waals surface area contributed by atoms with Gasteiger partial charge in [0.2, 0.25) is 23.6 Å². The minimum absolute atomic E-state index is 0.0492. The second kappa shape index (κ2) is 14.3. The highest BCUT2D eigenvalue weighted by atomic mass is 16.4. The van der Waals surface area contributed by atoms with Crippen molar-refractivity contribution >= 4 is 29.6 Å². The molecule has 1 heterocycles. The van der Waals surface area contributed by atoms with Crippen molar-refractivity contribution < 1.29 is 39.3 Å². The molecule has 4 atom stereocenters. The molecule has 0 saturated carbocycles. The Labute approximate surface area is 217 Å². The summed E-state index contributed by atoms with van der Waals surface area (Å²) < 4.78 is 0. The van der Waals surface area contributed by atoms with Crippen LogP contribution in [0.25, 0.3) is 0 Å². The maximum absolute atomic E-state index is 13.0. The highest BCUT2D eigenvalue weighted by molar-refractivity contribution is 5.94. The normalized spacial score (nSPS) is 13.9. The molecule has 11 N–H and O–H groups in total. The number of phenolic OH excluding ortho intramolecular Hbond substituents is 1. The summed E-state index contributed by atoms with van der Waals surface area (Å²) in [5, 5.41) is 35.3. The molecule has 0 radical (unpaired) electrons. The molecule has 0 aliphatic heterocycles. The molecule has 2 rings (SSSR count). The number of aliphatic carboxylic acids is 1. The number of benzene rings is 1. The number of carbonyl (C=O) groups excluding carboxylic acids is 4. The van der Waals surface area contributed by atoms with Crippen molar-refractivity contribution in [3.8, 4) is 5.75 Å². The first-order valence-corrected chi connectivity index (χ1v) is 11.5. The highest BCUT2D eigenvalue weighted by Crippen LogP contribution is 2.11. The number of carboxylic acid groups (broad SMARTS) is 1. The lowest BCUT2D eigenvalue weighted by Gasteiger charge is -2.24. The summed E-state index contributed by atoms with van der Waals surface area (Å²) in [5.41, 5.74) is 12.2. The molecule has 4 amide bonds. The second-order valence-corrected chi connectivity index (χ2v) is 8.47. The van der Waals surface area contributed by atoms with Crippen LogP contribution in [-0.4, -0.2) is 85.7 Å². The number of rotatable bonds is 15. The molecule has 4 unspecified atom stereocenters. The Morgan fingerprint density at radius 1 is 0.921 bits per heavy atom. The molecule has 0 aliphatic carbocycles. The van der Waals surface area contributed by atoms with Crippen LogP contribution in [0, 0.1) is 0 Å². The van der Waals surface area contributed by atoms with Crippen molar-refractivity contribution in [3.05, 3.63) is 48.0 Å². The smallest absolute Gasteiger partial charge is 0.326 e. The Balaban J connectivity index is 2.09. The first kappa shape index (κ1) is 29.7. The molecule has 15 heteroatoms. The fourth-order valence-electron chi connectivity index (χ4n) is 3.37. The predicted molar refractivity (Wildman–Crippen MR) is 131 cm³/mol. The summed E-state index contributed by atoms with van der Waals surface area (Å²) in [5.74, 6) is -4.71. The number of aromatic hydroxyl groups is 1. The van der Waals surface area contributed by atoms with Gasteiger partial charge in [-0.25, -0.2) is 9.78 Å². The summed E-state index contributed by atoms with van der Waals surface area (Å²) in [4.78, 5) is 67.4. The Morgan fingerprint density at radius 3 is 2.08 bits per heavy atom. The Hall–Kier alpha value is -4.50. The number of hydrogen-bond acceptors (Lipinski definition) is 9. The van der Waals surface area contributed by atoms with Crippen molar-refractivity contribution in [3.63, 3.8) is 0 Å². The molecular weight excluding hydrogens is 502 g/mol. The van der Waals surface area contributed by atoms with Gasteiger partial charge in [0, 0.05) is 24.7 Å². The maximum atomic E-state index is 13.0. The summed E-state index contributed by atoms with van der Waals surface area (Å²) >= 11 is 0. The van der Waals surface area contributed by atoms with Crippen molar-refractivity contribution in [2.45, 2.75) is 49.9 Å². The number of carbonyl (C=O) groups is 5. The molecule has 38 heavy (non-hydrogen) atoms. The largest absolute Gasteiger partial charge is 0.508 e. The van der Waals surface area contributed by atoms with Crippen LogP contribution in [0.4, 0.5) is 0 Å². The van der Waals surface area contributed by atoms with Gasteiger partial charge in [-0.3, -0.25) is 19.2 Å². The van der Waals surface area contributed by atoms with Gasteiger partial charge in [-0.2, -0.15) is 0 Å². The molecular formula is C23H31N7O8. The molecule has 0 saturated heterocycles. The fourth-order valence-corrected chi connectivity index (χ4v) is 3.37. The Morgan fingerprint density at radius 2 is 1.53 bits per heavy atom. The fraction of sp³-hybridized carbons (Fsp3) is 0.391. The standard InChI is InChI=1S/C23H31N7O8/c24-15(7-12-1-3-14(32)4-2-12)20(34)29-17(8-13-9-26-11-27-13)21(35)30-18(10-31)22(36)28-16(23(37)38)5-6-19(25)33/h1-4,9,11,15-18,31-32H,5-8,10,24H2,(H2,25,33)(H,26,27)(H,28,36)(H,29,34)(H,30,35)(H,37,38). The Bertz CT molecular complexity index is 1110. The van der Waals surface area contributed by atoms with Gasteiger partial charge in [0.05, 0.1) is 19.0 Å². The second-order valence-electron chi connectivity index (χ2n) is 8.47. The Kier molecular flexibility index (Phi) is 11.2. The molecule has 0 fully saturated rings. The van der Waals surface area contributed by atoms with Crippen LogP contribution in [0.3, 0.4) is 0 Å². The van der Waals surface area contributed by atoms with Crippen LogP contribution >= 0.6 is 0 Å². The molecule has 0 spiro atoms. The van der Waals surface area contributed by atoms with Gasteiger partial charge in [0.25, 0.3) is 0 Å². The zero-order valence-electron chi connectivity index (χ0n) is 20.3. The van der Waals surface area contributed by atoms with Gasteiger partial charge >= 0.3 is 5.97 Å². The van der Waals surface area contributed by atoms with E-state index >= 15 is 0 Å². The number of H-pyrrole nitrogens is 1. The number of amides is 4. The van der Waals surface area contributed by atoms with Crippen molar-refractivity contribution in [2.75, 3.05) is 6.61 Å². The number of hydrogen-bond donors (Lipinski definition) is 9. The third-order valence-corrected chi connectivity index (χ3v) is 5.45. The average Bonchev–Trinajstić information content (AvgIpc) is 3.38. The van der Waals surface area contributed by atoms with Crippen LogP contribution in [0.5, 0.6) is 5.75 Å². The summed E-state index contributed by atoms with van der Waals surface area (Å²) in [6, 6.07) is 0.708. The van der Waals surface area contributed by atoms with Gasteiger partial charge in [-0.1, -0.05) is 12.1 Å². The van der Waals surface area contributed by atoms with Gasteiger partial charge in [-0.05, 0) is 30.5 Å². The number of aliphatic hydroxyl groups is 1. The van der Waals surface area contributed by atoms with Crippen LogP contribution in [0.15, 0.2) is 36.8 Å². The topological polar surface area (TPSA) is 263 Å². The zero-order valence-corrected chi connectivity index (χ0v) is 20.3. The van der Waals surface area contributed by atoms with E-state index in [0.29, 0.717) is 11.3 Å². The number of phenols is 1. The molecule has 2 aromatic rings. The number of aromatic amines is 1. The first-order chi connectivity index (χ1) is 18.0. The van der Waals surface area contributed by atoms with E-state index in [9.17, 15) is 39.3 Å². The summed E-state index contributed by atoms with van der Waals surface area (Å²) in [7, 11) is 0. The SMILES string of the molecule is NC(=O)CCC(NC(=O)C(CO)NC(=O)C(Cc1cnc[nH]1)NC(=O)C(N)Cc1ccc(O)cc1)C(=O)O. The van der Waals surface area contributed by atoms with Crippen LogP contribution < -0.4 is 27.4 Å². The van der Waals surface area contributed by atoms with E-state index < -0.39 is 60.4 Å². The molecule has 206 valence electrons. The monoisotopic (exact) mass is 533 g/mol. The molecule has 0 aliphatic rings. The van der Waals surface area contributed by atoms with Gasteiger partial charge < -0.3 is 47.7 Å². The van der Waals surface area contributed by atoms with Gasteiger partial charge in [-0.15, -0.1) is 0 Å². The zero-order chi connectivity index (χ0) is 28.2. The van der Waals surface area contributed by atoms with E-state index in [-0.39, 0.29) is 31.4 Å². The third-order valence-electron chi connectivity index (χ3n) is 5.45.